The van der Waals surface area contributed by atoms with Crippen LogP contribution < -0.4 is 14.8 Å². The molecule has 1 N–H and O–H groups in total. The second-order valence-electron chi connectivity index (χ2n) is 5.09. The van der Waals surface area contributed by atoms with E-state index >= 15 is 0 Å². The standard InChI is InChI=1S/C16H14N4O3/c1-2-14-18-15-11(4-3-7-20(15)19-14)17-16(21)10-5-6-12-13(8-10)23-9-22-12/h3-8H,2,9H2,1H3,(H,17,21). The van der Waals surface area contributed by atoms with E-state index in [-0.39, 0.29) is 12.7 Å². The molecule has 0 saturated heterocycles. The van der Waals surface area contributed by atoms with Crippen molar-refractivity contribution in [2.75, 3.05) is 12.1 Å². The average molecular weight is 310 g/mol. The quantitative estimate of drug-likeness (QED) is 0.803. The van der Waals surface area contributed by atoms with Crippen molar-refractivity contribution in [2.24, 2.45) is 0 Å². The topological polar surface area (TPSA) is 77.8 Å². The molecule has 4 rings (SSSR count). The molecule has 0 bridgehead atoms. The highest BCUT2D eigenvalue weighted by Crippen LogP contribution is 2.32. The molecule has 7 heteroatoms. The molecule has 7 nitrogen and oxygen atoms in total. The Morgan fingerprint density at radius 1 is 1.30 bits per heavy atom. The number of aryl methyl sites for hydroxylation is 1. The van der Waals surface area contributed by atoms with Crippen molar-refractivity contribution < 1.29 is 14.3 Å². The van der Waals surface area contributed by atoms with Crippen LogP contribution in [0.15, 0.2) is 36.5 Å². The predicted molar refractivity (Wildman–Crippen MR) is 82.9 cm³/mol. The molecule has 1 aromatic carbocycles. The fraction of sp³-hybridized carbons (Fsp3) is 0.188. The van der Waals surface area contributed by atoms with Gasteiger partial charge >= 0.3 is 0 Å². The number of aromatic nitrogens is 3. The normalized spacial score (nSPS) is 12.6. The smallest absolute Gasteiger partial charge is 0.255 e. The van der Waals surface area contributed by atoms with Gasteiger partial charge in [0.25, 0.3) is 5.91 Å². The molecule has 2 aromatic heterocycles. The van der Waals surface area contributed by atoms with Crippen molar-refractivity contribution >= 4 is 17.2 Å². The van der Waals surface area contributed by atoms with Gasteiger partial charge in [-0.05, 0) is 30.3 Å². The molecule has 3 aromatic rings. The van der Waals surface area contributed by atoms with Crippen molar-refractivity contribution in [3.8, 4) is 11.5 Å². The van der Waals surface area contributed by atoms with Gasteiger partial charge in [-0.3, -0.25) is 4.79 Å². The minimum Gasteiger partial charge on any atom is -0.454 e. The number of hydrogen-bond acceptors (Lipinski definition) is 5. The van der Waals surface area contributed by atoms with Crippen LogP contribution in [-0.2, 0) is 6.42 Å². The predicted octanol–water partition coefficient (Wildman–Crippen LogP) is 2.27. The van der Waals surface area contributed by atoms with Gasteiger partial charge < -0.3 is 14.8 Å². The molecule has 1 aliphatic heterocycles. The summed E-state index contributed by atoms with van der Waals surface area (Å²) in [5, 5.41) is 7.21. The Bertz CT molecular complexity index is 903. The third-order valence-corrected chi connectivity index (χ3v) is 3.61. The van der Waals surface area contributed by atoms with Gasteiger partial charge in [-0.15, -0.1) is 0 Å². The lowest BCUT2D eigenvalue weighted by molar-refractivity contribution is 0.102. The molecule has 0 spiro atoms. The first-order valence-corrected chi connectivity index (χ1v) is 7.30. The summed E-state index contributed by atoms with van der Waals surface area (Å²) >= 11 is 0. The van der Waals surface area contributed by atoms with E-state index in [0.717, 1.165) is 12.2 Å². The largest absolute Gasteiger partial charge is 0.454 e. The Morgan fingerprint density at radius 3 is 3.04 bits per heavy atom. The van der Waals surface area contributed by atoms with Crippen LogP contribution in [0.3, 0.4) is 0 Å². The fourth-order valence-electron chi connectivity index (χ4n) is 2.43. The van der Waals surface area contributed by atoms with Crippen LogP contribution in [0.4, 0.5) is 5.69 Å². The molecule has 0 aliphatic carbocycles. The first-order chi connectivity index (χ1) is 11.2. The van der Waals surface area contributed by atoms with Crippen LogP contribution in [-0.4, -0.2) is 27.3 Å². The van der Waals surface area contributed by atoms with Crippen LogP contribution >= 0.6 is 0 Å². The second kappa shape index (κ2) is 5.28. The lowest BCUT2D eigenvalue weighted by atomic mass is 10.2. The third kappa shape index (κ3) is 2.36. The average Bonchev–Trinajstić information content (AvgIpc) is 3.20. The Hall–Kier alpha value is -3.09. The van der Waals surface area contributed by atoms with Gasteiger partial charge in [0.15, 0.2) is 23.0 Å². The molecule has 0 radical (unpaired) electrons. The van der Waals surface area contributed by atoms with Crippen molar-refractivity contribution in [1.29, 1.82) is 0 Å². The lowest BCUT2D eigenvalue weighted by Gasteiger charge is -2.06. The van der Waals surface area contributed by atoms with Crippen molar-refractivity contribution in [3.05, 3.63) is 47.9 Å². The number of nitrogens with one attached hydrogen (secondary N) is 1. The van der Waals surface area contributed by atoms with E-state index in [0.29, 0.717) is 28.4 Å². The zero-order valence-electron chi connectivity index (χ0n) is 12.4. The number of anilines is 1. The van der Waals surface area contributed by atoms with E-state index in [1.165, 1.54) is 0 Å². The molecule has 0 unspecified atom stereocenters. The minimum absolute atomic E-state index is 0.180. The first-order valence-electron chi connectivity index (χ1n) is 7.30. The van der Waals surface area contributed by atoms with E-state index in [9.17, 15) is 4.79 Å². The number of hydrogen-bond donors (Lipinski definition) is 1. The van der Waals surface area contributed by atoms with Gasteiger partial charge in [-0.1, -0.05) is 6.92 Å². The van der Waals surface area contributed by atoms with Gasteiger partial charge in [0.1, 0.15) is 0 Å². The van der Waals surface area contributed by atoms with Gasteiger partial charge in [-0.25, -0.2) is 9.50 Å². The molecular weight excluding hydrogens is 296 g/mol. The summed E-state index contributed by atoms with van der Waals surface area (Å²) in [6, 6.07) is 8.71. The Balaban J connectivity index is 1.65. The molecule has 3 heterocycles. The number of rotatable bonds is 3. The Morgan fingerprint density at radius 2 is 2.17 bits per heavy atom. The SMILES string of the molecule is CCc1nc2c(NC(=O)c3ccc4c(c3)OCO4)cccn2n1. The van der Waals surface area contributed by atoms with Crippen molar-refractivity contribution in [1.82, 2.24) is 14.6 Å². The molecule has 116 valence electrons. The van der Waals surface area contributed by atoms with E-state index in [4.69, 9.17) is 9.47 Å². The van der Waals surface area contributed by atoms with E-state index in [1.807, 2.05) is 13.0 Å². The van der Waals surface area contributed by atoms with Crippen LogP contribution in [0, 0.1) is 0 Å². The number of nitrogens with zero attached hydrogens (tertiary/aromatic N) is 3. The highest BCUT2D eigenvalue weighted by molar-refractivity contribution is 6.06. The molecule has 0 atom stereocenters. The monoisotopic (exact) mass is 310 g/mol. The zero-order valence-corrected chi connectivity index (χ0v) is 12.4. The summed E-state index contributed by atoms with van der Waals surface area (Å²) in [6.45, 7) is 2.17. The minimum atomic E-state index is -0.238. The third-order valence-electron chi connectivity index (χ3n) is 3.61. The van der Waals surface area contributed by atoms with Gasteiger partial charge in [0, 0.05) is 18.2 Å². The highest BCUT2D eigenvalue weighted by atomic mass is 16.7. The first kappa shape index (κ1) is 13.6. The fourth-order valence-corrected chi connectivity index (χ4v) is 2.43. The number of ether oxygens (including phenoxy) is 2. The van der Waals surface area contributed by atoms with E-state index in [1.54, 1.807) is 35.0 Å². The van der Waals surface area contributed by atoms with Crippen molar-refractivity contribution in [2.45, 2.75) is 13.3 Å². The van der Waals surface area contributed by atoms with E-state index < -0.39 is 0 Å². The highest BCUT2D eigenvalue weighted by Gasteiger charge is 2.17. The maximum Gasteiger partial charge on any atom is 0.255 e. The van der Waals surface area contributed by atoms with Crippen LogP contribution in [0.5, 0.6) is 11.5 Å². The number of fused-ring (bicyclic) bond motifs is 2. The number of carbonyl (C=O) groups is 1. The summed E-state index contributed by atoms with van der Waals surface area (Å²) in [4.78, 5) is 16.9. The number of amides is 1. The summed E-state index contributed by atoms with van der Waals surface area (Å²) in [5.74, 6) is 1.72. The van der Waals surface area contributed by atoms with Gasteiger partial charge in [0.2, 0.25) is 6.79 Å². The van der Waals surface area contributed by atoms with Crippen LogP contribution in [0.25, 0.3) is 5.65 Å². The summed E-state index contributed by atoms with van der Waals surface area (Å²) in [7, 11) is 0. The van der Waals surface area contributed by atoms with Crippen LogP contribution in [0.1, 0.15) is 23.1 Å². The molecule has 0 fully saturated rings. The number of carbonyl (C=O) groups excluding carboxylic acids is 1. The van der Waals surface area contributed by atoms with Crippen molar-refractivity contribution in [3.63, 3.8) is 0 Å². The molecule has 0 saturated carbocycles. The van der Waals surface area contributed by atoms with Gasteiger partial charge in [0.05, 0.1) is 5.69 Å². The Labute approximate surface area is 131 Å². The maximum absolute atomic E-state index is 12.5. The summed E-state index contributed by atoms with van der Waals surface area (Å²) in [5.41, 5.74) is 1.73. The van der Waals surface area contributed by atoms with Gasteiger partial charge in [-0.2, -0.15) is 5.10 Å². The number of pyridine rings is 1. The molecule has 1 aliphatic rings. The lowest BCUT2D eigenvalue weighted by Crippen LogP contribution is -2.12. The Kier molecular flexibility index (Phi) is 3.11. The van der Waals surface area contributed by atoms with E-state index in [2.05, 4.69) is 15.4 Å². The summed E-state index contributed by atoms with van der Waals surface area (Å²) in [6.07, 6.45) is 2.54. The molecule has 1 amide bonds. The number of benzene rings is 1. The zero-order chi connectivity index (χ0) is 15.8. The molecular formula is C16H14N4O3. The second-order valence-corrected chi connectivity index (χ2v) is 5.09. The van der Waals surface area contributed by atoms with Crippen LogP contribution in [0.2, 0.25) is 0 Å². The maximum atomic E-state index is 12.5. The summed E-state index contributed by atoms with van der Waals surface area (Å²) < 4.78 is 12.2. The molecule has 23 heavy (non-hydrogen) atoms.